The van der Waals surface area contributed by atoms with Crippen LogP contribution in [0.4, 0.5) is 17.5 Å². The van der Waals surface area contributed by atoms with Gasteiger partial charge in [-0.15, -0.1) is 0 Å². The number of fused-ring (bicyclic) bond motifs is 1. The molecule has 0 fully saturated rings. The van der Waals surface area contributed by atoms with Gasteiger partial charge in [-0.2, -0.15) is 4.98 Å². The van der Waals surface area contributed by atoms with Gasteiger partial charge in [-0.3, -0.25) is 0 Å². The molecule has 4 rings (SSSR count). The molecule has 0 aliphatic carbocycles. The van der Waals surface area contributed by atoms with Crippen LogP contribution in [0.15, 0.2) is 72.8 Å². The molecular weight excluding hydrogens is 360 g/mol. The monoisotopic (exact) mass is 384 g/mol. The Balaban J connectivity index is 1.58. The molecule has 0 spiro atoms. The number of para-hydroxylation sites is 1. The Morgan fingerprint density at radius 1 is 0.862 bits per heavy atom. The lowest BCUT2D eigenvalue weighted by Crippen LogP contribution is -2.05. The van der Waals surface area contributed by atoms with Gasteiger partial charge in [0, 0.05) is 17.6 Å². The van der Waals surface area contributed by atoms with Crippen molar-refractivity contribution in [2.75, 3.05) is 17.2 Å². The lowest BCUT2D eigenvalue weighted by atomic mass is 10.1. The highest BCUT2D eigenvalue weighted by molar-refractivity contribution is 5.90. The van der Waals surface area contributed by atoms with Gasteiger partial charge in [0.25, 0.3) is 0 Å². The van der Waals surface area contributed by atoms with Crippen LogP contribution in [0.3, 0.4) is 0 Å². The molecule has 0 saturated heterocycles. The van der Waals surface area contributed by atoms with Crippen LogP contribution in [0, 0.1) is 6.92 Å². The van der Waals surface area contributed by atoms with Crippen molar-refractivity contribution in [2.45, 2.75) is 20.4 Å². The van der Waals surface area contributed by atoms with Crippen molar-refractivity contribution >= 4 is 28.4 Å². The van der Waals surface area contributed by atoms with Crippen molar-refractivity contribution in [2.24, 2.45) is 0 Å². The summed E-state index contributed by atoms with van der Waals surface area (Å²) in [6.07, 6.45) is 0. The molecule has 4 aromatic rings. The third kappa shape index (κ3) is 4.63. The summed E-state index contributed by atoms with van der Waals surface area (Å²) in [5, 5.41) is 7.76. The van der Waals surface area contributed by atoms with Crippen molar-refractivity contribution in [1.82, 2.24) is 9.97 Å². The number of aryl methyl sites for hydroxylation is 1. The predicted molar refractivity (Wildman–Crippen MR) is 119 cm³/mol. The first-order chi connectivity index (χ1) is 14.2. The molecule has 29 heavy (non-hydrogen) atoms. The predicted octanol–water partition coefficient (Wildman–Crippen LogP) is 5.69. The number of hydrogen-bond acceptors (Lipinski definition) is 5. The van der Waals surface area contributed by atoms with E-state index in [2.05, 4.69) is 46.8 Å². The highest BCUT2D eigenvalue weighted by atomic mass is 16.5. The zero-order valence-electron chi connectivity index (χ0n) is 16.6. The van der Waals surface area contributed by atoms with E-state index in [-0.39, 0.29) is 0 Å². The van der Waals surface area contributed by atoms with Gasteiger partial charge in [-0.25, -0.2) is 4.98 Å². The standard InChI is InChI=1S/C24H24N4O/c1-3-29-20-14-12-19(13-15-20)26-24-27-22-7-5-4-6-21(22)23(28-24)25-16-18-10-8-17(2)9-11-18/h4-15H,3,16H2,1-2H3,(H2,25,26,27,28). The molecule has 0 saturated carbocycles. The summed E-state index contributed by atoms with van der Waals surface area (Å²) in [6.45, 7) is 5.41. The summed E-state index contributed by atoms with van der Waals surface area (Å²) in [7, 11) is 0. The molecule has 2 N–H and O–H groups in total. The topological polar surface area (TPSA) is 59.1 Å². The number of anilines is 3. The van der Waals surface area contributed by atoms with Crippen molar-refractivity contribution in [3.05, 3.63) is 83.9 Å². The Bertz CT molecular complexity index is 1090. The first-order valence-electron chi connectivity index (χ1n) is 9.77. The van der Waals surface area contributed by atoms with Gasteiger partial charge in [0.15, 0.2) is 0 Å². The second kappa shape index (κ2) is 8.61. The summed E-state index contributed by atoms with van der Waals surface area (Å²) in [4.78, 5) is 9.39. The first kappa shape index (κ1) is 18.7. The summed E-state index contributed by atoms with van der Waals surface area (Å²) >= 11 is 0. The van der Waals surface area contributed by atoms with Crippen LogP contribution in [0.25, 0.3) is 10.9 Å². The molecule has 1 heterocycles. The number of rotatable bonds is 7. The van der Waals surface area contributed by atoms with E-state index in [1.807, 2.05) is 55.5 Å². The molecule has 146 valence electrons. The van der Waals surface area contributed by atoms with E-state index in [9.17, 15) is 0 Å². The van der Waals surface area contributed by atoms with Crippen molar-refractivity contribution in [3.8, 4) is 5.75 Å². The van der Waals surface area contributed by atoms with E-state index in [1.165, 1.54) is 11.1 Å². The lowest BCUT2D eigenvalue weighted by molar-refractivity contribution is 0.340. The Morgan fingerprint density at radius 3 is 2.38 bits per heavy atom. The van der Waals surface area contributed by atoms with Gasteiger partial charge in [0.1, 0.15) is 11.6 Å². The van der Waals surface area contributed by atoms with Gasteiger partial charge in [0.2, 0.25) is 5.95 Å². The van der Waals surface area contributed by atoms with Crippen LogP contribution >= 0.6 is 0 Å². The van der Waals surface area contributed by atoms with Crippen molar-refractivity contribution < 1.29 is 4.74 Å². The normalized spacial score (nSPS) is 10.7. The Morgan fingerprint density at radius 2 is 1.62 bits per heavy atom. The fraction of sp³-hybridized carbons (Fsp3) is 0.167. The summed E-state index contributed by atoms with van der Waals surface area (Å²) < 4.78 is 5.50. The van der Waals surface area contributed by atoms with Gasteiger partial charge < -0.3 is 15.4 Å². The number of nitrogens with zero attached hydrogens (tertiary/aromatic N) is 2. The largest absolute Gasteiger partial charge is 0.494 e. The molecular formula is C24H24N4O. The maximum absolute atomic E-state index is 5.50. The third-order valence-corrected chi connectivity index (χ3v) is 4.61. The van der Waals surface area contributed by atoms with Crippen LogP contribution in [0.5, 0.6) is 5.75 Å². The molecule has 5 heteroatoms. The van der Waals surface area contributed by atoms with Crippen molar-refractivity contribution in [1.29, 1.82) is 0 Å². The highest BCUT2D eigenvalue weighted by Crippen LogP contribution is 2.25. The van der Waals surface area contributed by atoms with E-state index >= 15 is 0 Å². The molecule has 0 unspecified atom stereocenters. The van der Waals surface area contributed by atoms with Crippen LogP contribution < -0.4 is 15.4 Å². The van der Waals surface area contributed by atoms with E-state index in [1.54, 1.807) is 0 Å². The van der Waals surface area contributed by atoms with Gasteiger partial charge >= 0.3 is 0 Å². The van der Waals surface area contributed by atoms with Gasteiger partial charge in [-0.1, -0.05) is 42.0 Å². The molecule has 0 bridgehead atoms. The summed E-state index contributed by atoms with van der Waals surface area (Å²) in [6, 6.07) is 24.3. The fourth-order valence-electron chi connectivity index (χ4n) is 3.09. The Hall–Kier alpha value is -3.60. The molecule has 3 aromatic carbocycles. The second-order valence-electron chi connectivity index (χ2n) is 6.83. The molecule has 5 nitrogen and oxygen atoms in total. The quantitative estimate of drug-likeness (QED) is 0.428. The van der Waals surface area contributed by atoms with Crippen LogP contribution in [0.1, 0.15) is 18.1 Å². The average molecular weight is 384 g/mol. The molecule has 0 aliphatic heterocycles. The van der Waals surface area contributed by atoms with Crippen LogP contribution in [0.2, 0.25) is 0 Å². The molecule has 0 aliphatic rings. The maximum atomic E-state index is 5.50. The van der Waals surface area contributed by atoms with E-state index < -0.39 is 0 Å². The lowest BCUT2D eigenvalue weighted by Gasteiger charge is -2.12. The number of nitrogens with one attached hydrogen (secondary N) is 2. The highest BCUT2D eigenvalue weighted by Gasteiger charge is 2.08. The first-order valence-corrected chi connectivity index (χ1v) is 9.77. The zero-order chi connectivity index (χ0) is 20.1. The Kier molecular flexibility index (Phi) is 5.56. The molecule has 1 aromatic heterocycles. The third-order valence-electron chi connectivity index (χ3n) is 4.61. The second-order valence-corrected chi connectivity index (χ2v) is 6.83. The van der Waals surface area contributed by atoms with Crippen LogP contribution in [-0.4, -0.2) is 16.6 Å². The van der Waals surface area contributed by atoms with Crippen molar-refractivity contribution in [3.63, 3.8) is 0 Å². The van der Waals surface area contributed by atoms with E-state index in [0.717, 1.165) is 28.2 Å². The minimum absolute atomic E-state index is 0.555. The summed E-state index contributed by atoms with van der Waals surface area (Å²) in [5.41, 5.74) is 4.26. The van der Waals surface area contributed by atoms with E-state index in [0.29, 0.717) is 19.1 Å². The van der Waals surface area contributed by atoms with E-state index in [4.69, 9.17) is 9.72 Å². The number of benzene rings is 3. The zero-order valence-corrected chi connectivity index (χ0v) is 16.6. The smallest absolute Gasteiger partial charge is 0.229 e. The summed E-state index contributed by atoms with van der Waals surface area (Å²) in [5.74, 6) is 2.21. The average Bonchev–Trinajstić information content (AvgIpc) is 2.75. The number of hydrogen-bond donors (Lipinski definition) is 2. The number of aromatic nitrogens is 2. The minimum Gasteiger partial charge on any atom is -0.494 e. The molecule has 0 amide bonds. The maximum Gasteiger partial charge on any atom is 0.229 e. The van der Waals surface area contributed by atoms with Gasteiger partial charge in [0.05, 0.1) is 12.1 Å². The SMILES string of the molecule is CCOc1ccc(Nc2nc(NCc3ccc(C)cc3)c3ccccc3n2)cc1. The molecule has 0 atom stereocenters. The van der Waals surface area contributed by atoms with Gasteiger partial charge in [-0.05, 0) is 55.8 Å². The molecule has 0 radical (unpaired) electrons. The Labute approximate surface area is 170 Å². The minimum atomic E-state index is 0.555. The van der Waals surface area contributed by atoms with Crippen LogP contribution in [-0.2, 0) is 6.54 Å². The number of ether oxygens (including phenoxy) is 1. The fourth-order valence-corrected chi connectivity index (χ4v) is 3.09.